The summed E-state index contributed by atoms with van der Waals surface area (Å²) in [7, 11) is 0. The van der Waals surface area contributed by atoms with Gasteiger partial charge in [-0.2, -0.15) is 0 Å². The van der Waals surface area contributed by atoms with Gasteiger partial charge in [0.15, 0.2) is 0 Å². The Morgan fingerprint density at radius 3 is 1.89 bits per heavy atom. The van der Waals surface area contributed by atoms with Crippen molar-refractivity contribution >= 4 is 11.8 Å². The number of rotatable bonds is 5. The first-order valence-corrected chi connectivity index (χ1v) is 9.71. The molecule has 0 amide bonds. The van der Waals surface area contributed by atoms with E-state index in [1.807, 2.05) is 48.5 Å². The van der Waals surface area contributed by atoms with Crippen molar-refractivity contribution in [3.8, 4) is 5.75 Å². The van der Waals surface area contributed by atoms with E-state index in [2.05, 4.69) is 76.2 Å². The highest BCUT2D eigenvalue weighted by Gasteiger charge is 2.22. The van der Waals surface area contributed by atoms with E-state index in [0.717, 1.165) is 22.6 Å². The third-order valence-corrected chi connectivity index (χ3v) is 4.57. The number of allylic oxidation sites excluding steroid dienone is 2. The Hall–Kier alpha value is -3.06. The smallest absolute Gasteiger partial charge is 0.138 e. The van der Waals surface area contributed by atoms with Gasteiger partial charge in [-0.15, -0.1) is 0 Å². The molecule has 0 heterocycles. The molecule has 3 aromatic rings. The maximum Gasteiger partial charge on any atom is 0.138 e. The third-order valence-electron chi connectivity index (χ3n) is 4.57. The van der Waals surface area contributed by atoms with Gasteiger partial charge < -0.3 is 4.74 Å². The van der Waals surface area contributed by atoms with Crippen molar-refractivity contribution in [2.45, 2.75) is 27.7 Å². The number of ether oxygens (including phenoxy) is 1. The second-order valence-corrected chi connectivity index (χ2v) is 8.02. The SMILES string of the molecule is Cc1ccc(C=CC(=C(Oc2ccccc2)c2ccccc2)C(C)(C)C)cc1. The van der Waals surface area contributed by atoms with Gasteiger partial charge in [-0.1, -0.05) is 111 Å². The number of aryl methyl sites for hydroxylation is 1. The minimum atomic E-state index is -0.0822. The molecule has 1 heteroatoms. The molecule has 0 atom stereocenters. The van der Waals surface area contributed by atoms with E-state index in [0.29, 0.717) is 0 Å². The number of para-hydroxylation sites is 1. The van der Waals surface area contributed by atoms with E-state index < -0.39 is 0 Å². The average Bonchev–Trinajstić information content (AvgIpc) is 2.69. The summed E-state index contributed by atoms with van der Waals surface area (Å²) in [4.78, 5) is 0. The molecule has 142 valence electrons. The topological polar surface area (TPSA) is 9.23 Å². The lowest BCUT2D eigenvalue weighted by molar-refractivity contribution is 0.467. The Morgan fingerprint density at radius 1 is 0.750 bits per heavy atom. The van der Waals surface area contributed by atoms with Crippen molar-refractivity contribution < 1.29 is 4.74 Å². The fourth-order valence-corrected chi connectivity index (χ4v) is 2.99. The zero-order chi connectivity index (χ0) is 20.0. The number of benzene rings is 3. The predicted octanol–water partition coefficient (Wildman–Crippen LogP) is 7.54. The minimum Gasteiger partial charge on any atom is -0.456 e. The van der Waals surface area contributed by atoms with Gasteiger partial charge in [0.1, 0.15) is 11.5 Å². The molecule has 0 bridgehead atoms. The molecule has 0 aliphatic rings. The zero-order valence-electron chi connectivity index (χ0n) is 17.1. The summed E-state index contributed by atoms with van der Waals surface area (Å²) in [5.41, 5.74) is 4.59. The zero-order valence-corrected chi connectivity index (χ0v) is 17.1. The van der Waals surface area contributed by atoms with Gasteiger partial charge in [-0.05, 0) is 30.0 Å². The molecule has 0 saturated carbocycles. The first-order valence-electron chi connectivity index (χ1n) is 9.71. The second kappa shape index (κ2) is 8.75. The Bertz CT molecular complexity index is 941. The summed E-state index contributed by atoms with van der Waals surface area (Å²) in [6, 6.07) is 28.9. The van der Waals surface area contributed by atoms with Gasteiger partial charge in [0.25, 0.3) is 0 Å². The third kappa shape index (κ3) is 5.23. The van der Waals surface area contributed by atoms with Crippen LogP contribution in [0.5, 0.6) is 5.75 Å². The molecule has 28 heavy (non-hydrogen) atoms. The monoisotopic (exact) mass is 368 g/mol. The quantitative estimate of drug-likeness (QED) is 0.334. The van der Waals surface area contributed by atoms with E-state index in [4.69, 9.17) is 4.74 Å². The molecule has 0 spiro atoms. The van der Waals surface area contributed by atoms with Gasteiger partial charge >= 0.3 is 0 Å². The lowest BCUT2D eigenvalue weighted by Gasteiger charge is -2.25. The highest BCUT2D eigenvalue weighted by molar-refractivity contribution is 5.71. The molecule has 1 nitrogen and oxygen atoms in total. The van der Waals surface area contributed by atoms with Crippen LogP contribution in [0.4, 0.5) is 0 Å². The summed E-state index contributed by atoms with van der Waals surface area (Å²) >= 11 is 0. The number of hydrogen-bond acceptors (Lipinski definition) is 1. The van der Waals surface area contributed by atoms with Crippen molar-refractivity contribution in [2.75, 3.05) is 0 Å². The van der Waals surface area contributed by atoms with Crippen LogP contribution in [0.2, 0.25) is 0 Å². The van der Waals surface area contributed by atoms with Crippen molar-refractivity contribution in [1.82, 2.24) is 0 Å². The van der Waals surface area contributed by atoms with Crippen molar-refractivity contribution in [3.05, 3.63) is 113 Å². The first kappa shape index (κ1) is 19.7. The summed E-state index contributed by atoms with van der Waals surface area (Å²) in [6.45, 7) is 8.77. The Labute approximate surface area is 169 Å². The highest BCUT2D eigenvalue weighted by Crippen LogP contribution is 2.35. The molecule has 0 saturated heterocycles. The molecule has 0 fully saturated rings. The molecule has 0 aliphatic carbocycles. The Morgan fingerprint density at radius 2 is 1.32 bits per heavy atom. The number of hydrogen-bond donors (Lipinski definition) is 0. The lowest BCUT2D eigenvalue weighted by atomic mass is 9.83. The van der Waals surface area contributed by atoms with Gasteiger partial charge in [0.05, 0.1) is 0 Å². The van der Waals surface area contributed by atoms with E-state index in [1.54, 1.807) is 0 Å². The molecular weight excluding hydrogens is 340 g/mol. The molecular formula is C27H28O. The largest absolute Gasteiger partial charge is 0.456 e. The van der Waals surface area contributed by atoms with Gasteiger partial charge in [0.2, 0.25) is 0 Å². The van der Waals surface area contributed by atoms with Crippen LogP contribution < -0.4 is 4.74 Å². The Balaban J connectivity index is 2.11. The second-order valence-electron chi connectivity index (χ2n) is 8.02. The highest BCUT2D eigenvalue weighted by atomic mass is 16.5. The van der Waals surface area contributed by atoms with E-state index in [9.17, 15) is 0 Å². The standard InChI is InChI=1S/C27H28O/c1-21-15-17-22(18-16-21)19-20-25(27(2,3)4)26(23-11-7-5-8-12-23)28-24-13-9-6-10-14-24/h5-20H,1-4H3. The minimum absolute atomic E-state index is 0.0822. The van der Waals surface area contributed by atoms with Crippen LogP contribution in [0.1, 0.15) is 37.5 Å². The summed E-state index contributed by atoms with van der Waals surface area (Å²) in [5.74, 6) is 1.73. The van der Waals surface area contributed by atoms with Crippen LogP contribution in [-0.2, 0) is 0 Å². The lowest BCUT2D eigenvalue weighted by Crippen LogP contribution is -2.13. The van der Waals surface area contributed by atoms with Crippen LogP contribution >= 0.6 is 0 Å². The van der Waals surface area contributed by atoms with Gasteiger partial charge in [-0.3, -0.25) is 0 Å². The Kier molecular flexibility index (Phi) is 6.16. The summed E-state index contributed by atoms with van der Waals surface area (Å²) < 4.78 is 6.43. The van der Waals surface area contributed by atoms with E-state index in [-0.39, 0.29) is 5.41 Å². The normalized spacial score (nSPS) is 12.7. The van der Waals surface area contributed by atoms with E-state index in [1.165, 1.54) is 11.1 Å². The maximum absolute atomic E-state index is 6.43. The van der Waals surface area contributed by atoms with Crippen molar-refractivity contribution in [3.63, 3.8) is 0 Å². The molecule has 0 aromatic heterocycles. The molecule has 3 rings (SSSR count). The van der Waals surface area contributed by atoms with Gasteiger partial charge in [0, 0.05) is 11.1 Å². The van der Waals surface area contributed by atoms with Crippen LogP contribution in [0.3, 0.4) is 0 Å². The van der Waals surface area contributed by atoms with Crippen LogP contribution in [0.25, 0.3) is 11.8 Å². The summed E-state index contributed by atoms with van der Waals surface area (Å²) in [5, 5.41) is 0. The molecule has 0 N–H and O–H groups in total. The van der Waals surface area contributed by atoms with Crippen LogP contribution in [0, 0.1) is 12.3 Å². The average molecular weight is 369 g/mol. The fourth-order valence-electron chi connectivity index (χ4n) is 2.99. The molecule has 0 unspecified atom stereocenters. The van der Waals surface area contributed by atoms with Crippen LogP contribution in [-0.4, -0.2) is 0 Å². The fraction of sp³-hybridized carbons (Fsp3) is 0.185. The van der Waals surface area contributed by atoms with Gasteiger partial charge in [-0.25, -0.2) is 0 Å². The van der Waals surface area contributed by atoms with E-state index >= 15 is 0 Å². The first-order chi connectivity index (χ1) is 13.4. The predicted molar refractivity (Wildman–Crippen MR) is 120 cm³/mol. The maximum atomic E-state index is 6.43. The summed E-state index contributed by atoms with van der Waals surface area (Å²) in [6.07, 6.45) is 4.35. The van der Waals surface area contributed by atoms with Crippen molar-refractivity contribution in [1.29, 1.82) is 0 Å². The van der Waals surface area contributed by atoms with Crippen molar-refractivity contribution in [2.24, 2.45) is 5.41 Å². The molecule has 3 aromatic carbocycles. The molecule has 0 radical (unpaired) electrons. The van der Waals surface area contributed by atoms with Crippen LogP contribution in [0.15, 0.2) is 96.6 Å². The molecule has 0 aliphatic heterocycles.